The van der Waals surface area contributed by atoms with Gasteiger partial charge >= 0.3 is 0 Å². The number of hydrogen-bond acceptors (Lipinski definition) is 2. The fourth-order valence-electron chi connectivity index (χ4n) is 1.53. The molecule has 17 heavy (non-hydrogen) atoms. The first-order chi connectivity index (χ1) is 8.00. The molecule has 0 fully saturated rings. The highest BCUT2D eigenvalue weighted by Crippen LogP contribution is 2.24. The van der Waals surface area contributed by atoms with Crippen LogP contribution in [0.25, 0.3) is 0 Å². The Kier molecular flexibility index (Phi) is 3.15. The number of nitrogen functional groups attached to an aromatic ring is 1. The summed E-state index contributed by atoms with van der Waals surface area (Å²) >= 11 is 3.27. The lowest BCUT2D eigenvalue weighted by Gasteiger charge is -2.06. The fourth-order valence-corrected chi connectivity index (χ4v) is 1.81. The number of aryl methyl sites for hydroxylation is 1. The molecule has 2 rings (SSSR count). The van der Waals surface area contributed by atoms with E-state index in [4.69, 9.17) is 5.73 Å². The van der Waals surface area contributed by atoms with Crippen molar-refractivity contribution in [2.24, 2.45) is 0 Å². The van der Waals surface area contributed by atoms with Crippen molar-refractivity contribution in [3.8, 4) is 0 Å². The van der Waals surface area contributed by atoms with Crippen molar-refractivity contribution in [2.45, 2.75) is 13.5 Å². The van der Waals surface area contributed by atoms with Gasteiger partial charge in [0.25, 0.3) is 0 Å². The minimum atomic E-state index is -0.871. The zero-order valence-electron chi connectivity index (χ0n) is 9.04. The highest BCUT2D eigenvalue weighted by Gasteiger charge is 2.13. The Bertz CT molecular complexity index is 566. The lowest BCUT2D eigenvalue weighted by Crippen LogP contribution is -2.08. The van der Waals surface area contributed by atoms with Crippen LogP contribution >= 0.6 is 15.9 Å². The van der Waals surface area contributed by atoms with Crippen molar-refractivity contribution in [1.29, 1.82) is 0 Å². The molecule has 0 atom stereocenters. The van der Waals surface area contributed by atoms with Crippen LogP contribution in [0.3, 0.4) is 0 Å². The summed E-state index contributed by atoms with van der Waals surface area (Å²) in [5.41, 5.74) is 6.70. The second kappa shape index (κ2) is 4.44. The van der Waals surface area contributed by atoms with Gasteiger partial charge in [0.1, 0.15) is 5.82 Å². The molecule has 90 valence electrons. The minimum absolute atomic E-state index is 0.0991. The topological polar surface area (TPSA) is 43.8 Å². The van der Waals surface area contributed by atoms with Crippen molar-refractivity contribution in [1.82, 2.24) is 9.78 Å². The molecular weight excluding hydrogens is 292 g/mol. The van der Waals surface area contributed by atoms with Gasteiger partial charge in [0.2, 0.25) is 0 Å². The number of aromatic nitrogens is 2. The Morgan fingerprint density at radius 2 is 2.12 bits per heavy atom. The van der Waals surface area contributed by atoms with Gasteiger partial charge in [-0.15, -0.1) is 0 Å². The van der Waals surface area contributed by atoms with Crippen molar-refractivity contribution >= 4 is 21.7 Å². The molecule has 0 unspecified atom stereocenters. The first-order valence-electron chi connectivity index (χ1n) is 4.92. The van der Waals surface area contributed by atoms with Gasteiger partial charge in [-0.1, -0.05) is 12.1 Å². The highest BCUT2D eigenvalue weighted by molar-refractivity contribution is 9.10. The summed E-state index contributed by atoms with van der Waals surface area (Å²) in [6.45, 7) is 1.88. The number of anilines is 1. The maximum Gasteiger partial charge on any atom is 0.163 e. The van der Waals surface area contributed by atoms with Crippen LogP contribution in [-0.4, -0.2) is 9.78 Å². The second-order valence-corrected chi connectivity index (χ2v) is 4.45. The van der Waals surface area contributed by atoms with Gasteiger partial charge < -0.3 is 5.73 Å². The van der Waals surface area contributed by atoms with E-state index in [1.54, 1.807) is 6.92 Å². The van der Waals surface area contributed by atoms with Crippen molar-refractivity contribution in [2.75, 3.05) is 5.73 Å². The minimum Gasteiger partial charge on any atom is -0.383 e. The summed E-state index contributed by atoms with van der Waals surface area (Å²) in [5, 5.41) is 4.13. The quantitative estimate of drug-likeness (QED) is 0.927. The molecule has 0 radical (unpaired) electrons. The number of hydrogen-bond donors (Lipinski definition) is 1. The fraction of sp³-hybridized carbons (Fsp3) is 0.182. The molecule has 1 heterocycles. The average molecular weight is 302 g/mol. The molecule has 0 bridgehead atoms. The van der Waals surface area contributed by atoms with E-state index in [9.17, 15) is 8.78 Å². The molecule has 1 aromatic carbocycles. The third kappa shape index (κ3) is 2.17. The van der Waals surface area contributed by atoms with Crippen molar-refractivity contribution in [3.63, 3.8) is 0 Å². The monoisotopic (exact) mass is 301 g/mol. The number of benzene rings is 1. The van der Waals surface area contributed by atoms with Crippen LogP contribution in [0.15, 0.2) is 22.7 Å². The van der Waals surface area contributed by atoms with Gasteiger partial charge in [-0.2, -0.15) is 5.10 Å². The van der Waals surface area contributed by atoms with E-state index in [1.807, 2.05) is 0 Å². The molecule has 0 aliphatic heterocycles. The average Bonchev–Trinajstić information content (AvgIpc) is 2.53. The maximum absolute atomic E-state index is 13.5. The van der Waals surface area contributed by atoms with Gasteiger partial charge in [0.05, 0.1) is 16.7 Å². The SMILES string of the molecule is Cc1nn(Cc2cccc(F)c2F)c(N)c1Br. The van der Waals surface area contributed by atoms with Crippen LogP contribution in [0.1, 0.15) is 11.3 Å². The summed E-state index contributed by atoms with van der Waals surface area (Å²) in [6.07, 6.45) is 0. The first kappa shape index (κ1) is 12.0. The highest BCUT2D eigenvalue weighted by atomic mass is 79.9. The molecule has 6 heteroatoms. The predicted octanol–water partition coefficient (Wildman–Crippen LogP) is 2.86. The Morgan fingerprint density at radius 3 is 2.71 bits per heavy atom. The third-order valence-corrected chi connectivity index (χ3v) is 3.42. The number of halogens is 3. The lowest BCUT2D eigenvalue weighted by molar-refractivity contribution is 0.492. The molecule has 2 aromatic rings. The molecule has 0 aliphatic rings. The van der Waals surface area contributed by atoms with E-state index in [1.165, 1.54) is 16.8 Å². The van der Waals surface area contributed by atoms with Gasteiger partial charge in [-0.05, 0) is 28.9 Å². The van der Waals surface area contributed by atoms with Crippen molar-refractivity contribution in [3.05, 3.63) is 45.6 Å². The summed E-state index contributed by atoms with van der Waals surface area (Å²) < 4.78 is 28.6. The zero-order chi connectivity index (χ0) is 12.6. The molecule has 0 spiro atoms. The lowest BCUT2D eigenvalue weighted by atomic mass is 10.2. The van der Waals surface area contributed by atoms with E-state index >= 15 is 0 Å². The molecule has 1 aromatic heterocycles. The molecule has 2 N–H and O–H groups in total. The van der Waals surface area contributed by atoms with E-state index in [2.05, 4.69) is 21.0 Å². The summed E-state index contributed by atoms with van der Waals surface area (Å²) in [7, 11) is 0. The molecule has 0 aliphatic carbocycles. The molecule has 3 nitrogen and oxygen atoms in total. The van der Waals surface area contributed by atoms with Crippen LogP contribution in [-0.2, 0) is 6.54 Å². The Hall–Kier alpha value is -1.43. The first-order valence-corrected chi connectivity index (χ1v) is 5.71. The van der Waals surface area contributed by atoms with Gasteiger partial charge in [0, 0.05) is 5.56 Å². The van der Waals surface area contributed by atoms with Crippen LogP contribution < -0.4 is 5.73 Å². The normalized spacial score (nSPS) is 10.8. The molecular formula is C11H10BrF2N3. The third-order valence-electron chi connectivity index (χ3n) is 2.44. The van der Waals surface area contributed by atoms with Gasteiger partial charge in [-0.25, -0.2) is 13.5 Å². The Balaban J connectivity index is 2.38. The standard InChI is InChI=1S/C11H10BrF2N3/c1-6-9(12)11(15)17(16-6)5-7-3-2-4-8(13)10(7)14/h2-4H,5,15H2,1H3. The Labute approximate surface area is 105 Å². The van der Waals surface area contributed by atoms with E-state index in [0.29, 0.717) is 16.0 Å². The van der Waals surface area contributed by atoms with E-state index in [-0.39, 0.29) is 12.1 Å². The molecule has 0 amide bonds. The van der Waals surface area contributed by atoms with Crippen LogP contribution in [0.5, 0.6) is 0 Å². The number of nitrogens with zero attached hydrogens (tertiary/aromatic N) is 2. The summed E-state index contributed by atoms with van der Waals surface area (Å²) in [4.78, 5) is 0. The zero-order valence-corrected chi connectivity index (χ0v) is 10.6. The van der Waals surface area contributed by atoms with E-state index < -0.39 is 11.6 Å². The second-order valence-electron chi connectivity index (χ2n) is 3.66. The van der Waals surface area contributed by atoms with Crippen LogP contribution in [0.2, 0.25) is 0 Å². The van der Waals surface area contributed by atoms with Crippen LogP contribution in [0.4, 0.5) is 14.6 Å². The van der Waals surface area contributed by atoms with Crippen LogP contribution in [0, 0.1) is 18.6 Å². The van der Waals surface area contributed by atoms with E-state index in [0.717, 1.165) is 6.07 Å². The number of rotatable bonds is 2. The van der Waals surface area contributed by atoms with Gasteiger partial charge in [-0.3, -0.25) is 0 Å². The molecule has 0 saturated carbocycles. The van der Waals surface area contributed by atoms with Gasteiger partial charge in [0.15, 0.2) is 11.6 Å². The summed E-state index contributed by atoms with van der Waals surface area (Å²) in [5.74, 6) is -1.34. The number of nitrogens with two attached hydrogens (primary N) is 1. The molecule has 0 saturated heterocycles. The predicted molar refractivity (Wildman–Crippen MR) is 64.5 cm³/mol. The smallest absolute Gasteiger partial charge is 0.163 e. The largest absolute Gasteiger partial charge is 0.383 e. The summed E-state index contributed by atoms with van der Waals surface area (Å²) in [6, 6.07) is 4.03. The Morgan fingerprint density at radius 1 is 1.41 bits per heavy atom. The maximum atomic E-state index is 13.5. The van der Waals surface area contributed by atoms with Crippen molar-refractivity contribution < 1.29 is 8.78 Å².